The van der Waals surface area contributed by atoms with E-state index in [0.29, 0.717) is 22.3 Å². The Morgan fingerprint density at radius 2 is 0.436 bits per heavy atom. The maximum atomic E-state index is 13.7. The van der Waals surface area contributed by atoms with Crippen LogP contribution in [0.2, 0.25) is 0 Å². The molecule has 20 nitrogen and oxygen atoms in total. The Morgan fingerprint density at radius 1 is 0.309 bits per heavy atom. The minimum Gasteiger partial charge on any atom is -0.395 e. The topological polar surface area (TPSA) is 376 Å². The summed E-state index contributed by atoms with van der Waals surface area (Å²) in [5.74, 6) is 0. The van der Waals surface area contributed by atoms with Crippen LogP contribution in [0, 0.1) is 38.5 Å². The van der Waals surface area contributed by atoms with Crippen LogP contribution in [0.15, 0.2) is 48.5 Å². The van der Waals surface area contributed by atoms with E-state index >= 15 is 0 Å². The average Bonchev–Trinajstić information content (AvgIpc) is 0.703. The molecule has 0 atom stereocenters. The van der Waals surface area contributed by atoms with E-state index in [0.717, 1.165) is 66.8 Å². The van der Waals surface area contributed by atoms with Crippen LogP contribution in [0.3, 0.4) is 0 Å². The van der Waals surface area contributed by atoms with E-state index in [1.54, 1.807) is 0 Å². The second-order valence-corrected chi connectivity index (χ2v) is 37.8. The van der Waals surface area contributed by atoms with Crippen molar-refractivity contribution in [1.29, 1.82) is 0 Å². The first-order valence-electron chi connectivity index (χ1n) is 31.3. The highest BCUT2D eigenvalue weighted by Crippen LogP contribution is 2.59. The Kier molecular flexibility index (Phi) is 30.1. The molecule has 0 saturated heterocycles. The molecule has 0 amide bonds. The van der Waals surface area contributed by atoms with Gasteiger partial charge in [-0.3, -0.25) is 0 Å². The van der Waals surface area contributed by atoms with Crippen LogP contribution in [-0.2, 0) is 72.3 Å². The highest BCUT2D eigenvalue weighted by Gasteiger charge is 2.60. The summed E-state index contributed by atoms with van der Waals surface area (Å²) < 4.78 is 25.8. The van der Waals surface area contributed by atoms with Gasteiger partial charge in [0, 0.05) is 0 Å². The number of phosphoric acid groups is 2. The van der Waals surface area contributed by atoms with Gasteiger partial charge in [-0.05, 0) is 138 Å². The first kappa shape index (κ1) is 89.5. The summed E-state index contributed by atoms with van der Waals surface area (Å²) in [6.07, 6.45) is 0. The minimum atomic E-state index is -5.05. The molecule has 4 rings (SSSR count). The van der Waals surface area contributed by atoms with Gasteiger partial charge in [0.2, 0.25) is 0 Å². The van der Waals surface area contributed by atoms with E-state index in [-0.39, 0.29) is 43.3 Å². The normalized spacial score (nSPS) is 13.9. The van der Waals surface area contributed by atoms with Crippen molar-refractivity contribution in [2.24, 2.45) is 10.8 Å². The molecule has 4 aromatic carbocycles. The zero-order valence-electron chi connectivity index (χ0n) is 61.4. The molecule has 0 bridgehead atoms. The fourth-order valence-corrected chi connectivity index (χ4v) is 13.6. The summed E-state index contributed by atoms with van der Waals surface area (Å²) in [7, 11) is -15.3. The second-order valence-electron chi connectivity index (χ2n) is 33.5. The van der Waals surface area contributed by atoms with Crippen LogP contribution in [0.25, 0.3) is 0 Å². The van der Waals surface area contributed by atoms with Crippen LogP contribution >= 0.6 is 32.9 Å². The summed E-state index contributed by atoms with van der Waals surface area (Å²) >= 11 is 0. The molecule has 0 aliphatic carbocycles. The molecule has 0 heterocycles. The summed E-state index contributed by atoms with van der Waals surface area (Å²) in [5, 5.41) is 93.7. The maximum Gasteiger partial charge on any atom is 0.478 e. The van der Waals surface area contributed by atoms with Gasteiger partial charge in [0.15, 0.2) is 0 Å². The van der Waals surface area contributed by atoms with E-state index in [9.17, 15) is 50.0 Å². The highest BCUT2D eigenvalue weighted by atomic mass is 31.3. The molecule has 16 N–H and O–H groups in total. The lowest BCUT2D eigenvalue weighted by molar-refractivity contribution is -0.139. The molecule has 0 radical (unpaired) electrons. The molecule has 4 aromatic rings. The monoisotopic (exact) mass is 1400 g/mol. The molecular formula is C70H120O20P4. The third kappa shape index (κ3) is 21.7. The molecule has 0 aromatic heterocycles. The van der Waals surface area contributed by atoms with Gasteiger partial charge >= 0.3 is 32.9 Å². The van der Waals surface area contributed by atoms with Crippen LogP contribution in [0.1, 0.15) is 255 Å². The fourth-order valence-electron chi connectivity index (χ4n) is 11.9. The van der Waals surface area contributed by atoms with E-state index in [2.05, 4.69) is 251 Å². The van der Waals surface area contributed by atoms with Gasteiger partial charge in [-0.1, -0.05) is 237 Å². The summed E-state index contributed by atoms with van der Waals surface area (Å²) in [4.78, 5) is 62.3. The molecule has 0 fully saturated rings. The van der Waals surface area contributed by atoms with Crippen molar-refractivity contribution in [2.45, 2.75) is 248 Å². The third-order valence-electron chi connectivity index (χ3n) is 16.8. The van der Waals surface area contributed by atoms with Crippen molar-refractivity contribution in [3.05, 3.63) is 138 Å². The Bertz CT molecular complexity index is 2730. The molecule has 540 valence electrons. The zero-order valence-corrected chi connectivity index (χ0v) is 65.0. The van der Waals surface area contributed by atoms with Gasteiger partial charge < -0.3 is 80.0 Å². The van der Waals surface area contributed by atoms with Gasteiger partial charge in [-0.2, -0.15) is 4.31 Å². The predicted molar refractivity (Wildman–Crippen MR) is 377 cm³/mol. The van der Waals surface area contributed by atoms with Crippen molar-refractivity contribution < 1.29 is 97.8 Å². The lowest BCUT2D eigenvalue weighted by Gasteiger charge is -2.52. The third-order valence-corrected chi connectivity index (χ3v) is 19.6. The number of hydrogen-bond acceptors (Lipinski definition) is 16. The van der Waals surface area contributed by atoms with Crippen molar-refractivity contribution in [1.82, 2.24) is 0 Å². The number of aliphatic hydroxyl groups excluding tert-OH is 6. The molecule has 94 heavy (non-hydrogen) atoms. The van der Waals surface area contributed by atoms with Crippen molar-refractivity contribution in [2.75, 3.05) is 39.6 Å². The van der Waals surface area contributed by atoms with E-state index in [1.807, 2.05) is 0 Å². The van der Waals surface area contributed by atoms with Crippen LogP contribution in [-0.4, -0.2) is 120 Å². The quantitative estimate of drug-likeness (QED) is 0.0463. The van der Waals surface area contributed by atoms with Crippen LogP contribution in [0.4, 0.5) is 0 Å². The van der Waals surface area contributed by atoms with Crippen LogP contribution < -0.4 is 0 Å². The second kappa shape index (κ2) is 31.6. The standard InChI is InChI=1S/2C35H56O4.H4O7P2.H4O5P2/c2*1-22-15-24(30(3,4)5)28(25(16-22)31(6,7)8)35(39,34(19-36,20-37)21-38)29-26(32(9,10)11)17-23(2)18-27(29)33(12,13)14;1-8(2,3)7-9(4,5)6;1-6(2)5-7(3)4/h2*15-18,36-39H,19-21H2,1-14H3;(H2,1,2,3)(H2,4,5,6);1-4H. The van der Waals surface area contributed by atoms with Gasteiger partial charge in [0.1, 0.15) is 11.2 Å². The number of rotatable bonds is 16. The Morgan fingerprint density at radius 3 is 0.500 bits per heavy atom. The highest BCUT2D eigenvalue weighted by molar-refractivity contribution is 7.60. The number of hydrogen-bond donors (Lipinski definition) is 16. The summed E-state index contributed by atoms with van der Waals surface area (Å²) in [6.45, 7) is 55.7. The van der Waals surface area contributed by atoms with E-state index in [4.69, 9.17) is 39.1 Å². The first-order chi connectivity index (χ1) is 41.7. The molecule has 0 aliphatic heterocycles. The Hall–Kier alpha value is -2.52. The van der Waals surface area contributed by atoms with Gasteiger partial charge in [-0.15, -0.1) is 0 Å². The molecule has 0 saturated carbocycles. The Labute approximate surface area is 564 Å². The smallest absolute Gasteiger partial charge is 0.395 e. The van der Waals surface area contributed by atoms with Crippen molar-refractivity contribution in [3.8, 4) is 0 Å². The first-order valence-corrected chi connectivity index (χ1v) is 36.7. The lowest BCUT2D eigenvalue weighted by Crippen LogP contribution is -2.57. The fraction of sp³-hybridized carbons (Fsp3) is 0.657. The summed E-state index contributed by atoms with van der Waals surface area (Å²) in [5.41, 5.74) is 4.29. The van der Waals surface area contributed by atoms with Crippen molar-refractivity contribution >= 4 is 32.9 Å². The zero-order chi connectivity index (χ0) is 74.7. The molecule has 0 aliphatic rings. The van der Waals surface area contributed by atoms with Gasteiger partial charge in [0.25, 0.3) is 0 Å². The largest absolute Gasteiger partial charge is 0.478 e. The Balaban J connectivity index is 0.000000760. The predicted octanol–water partition coefficient (Wildman–Crippen LogP) is 12.0. The maximum absolute atomic E-state index is 13.7. The minimum absolute atomic E-state index is 0.379. The van der Waals surface area contributed by atoms with Crippen LogP contribution in [0.5, 0.6) is 0 Å². The average molecular weight is 1410 g/mol. The molecule has 0 spiro atoms. The number of aryl methyl sites for hydroxylation is 4. The van der Waals surface area contributed by atoms with Gasteiger partial charge in [-0.25, -0.2) is 13.4 Å². The molecule has 0 unspecified atom stereocenters. The lowest BCUT2D eigenvalue weighted by atomic mass is 9.56. The number of aliphatic hydroxyl groups is 8. The number of benzene rings is 4. The molecule has 24 heteroatoms. The SMILES string of the molecule is Cc1cc(C(C)(C)C)c(C(O)(c2c(C(C)(C)C)cc(C)cc2C(C)(C)C)C(CO)(CO)CO)c(C(C)(C)C)c1.Cc1cc(C(C)(C)C)c(C(O)(c2c(C(C)(C)C)cc(C)cc2C(C)(C)C)C(CO)(CO)CO)c(C(C)(C)C)c1.O=P(O)(O)OP(=O)(O)O.OP(O)OP(O)O. The van der Waals surface area contributed by atoms with E-state index < -0.39 is 94.5 Å². The summed E-state index contributed by atoms with van der Waals surface area (Å²) in [6, 6.07) is 17.0. The van der Waals surface area contributed by atoms with Gasteiger partial charge in [0.05, 0.1) is 50.5 Å². The van der Waals surface area contributed by atoms with E-state index in [1.165, 1.54) is 0 Å². The van der Waals surface area contributed by atoms with Crippen molar-refractivity contribution in [3.63, 3.8) is 0 Å². The molecular weight excluding hydrogens is 1280 g/mol.